The van der Waals surface area contributed by atoms with Gasteiger partial charge in [0.05, 0.1) is 49.7 Å². The van der Waals surface area contributed by atoms with Crippen molar-refractivity contribution >= 4 is 6.03 Å². The van der Waals surface area contributed by atoms with Gasteiger partial charge in [-0.15, -0.1) is 0 Å². The summed E-state index contributed by atoms with van der Waals surface area (Å²) in [5, 5.41) is 69.1. The van der Waals surface area contributed by atoms with Crippen molar-refractivity contribution in [2.24, 2.45) is 34.6 Å². The highest BCUT2D eigenvalue weighted by molar-refractivity contribution is 5.73. The Kier molecular flexibility index (Phi) is 14.1. The minimum absolute atomic E-state index is 0.0146. The molecule has 43 heavy (non-hydrogen) atoms. The van der Waals surface area contributed by atoms with Crippen LogP contribution < -0.4 is 39.3 Å². The van der Waals surface area contributed by atoms with Crippen molar-refractivity contribution in [2.45, 2.75) is 105 Å². The smallest absolute Gasteiger partial charge is 0.341 e. The number of hydroxylamine groups is 2. The summed E-state index contributed by atoms with van der Waals surface area (Å²) in [6.45, 7) is -0.0427. The molecule has 0 aromatic rings. The third-order valence-electron chi connectivity index (χ3n) is 8.56. The fourth-order valence-corrected chi connectivity index (χ4v) is 6.14. The second kappa shape index (κ2) is 16.8. The van der Waals surface area contributed by atoms with Crippen LogP contribution in [0.1, 0.15) is 25.7 Å². The van der Waals surface area contributed by atoms with Gasteiger partial charge in [0, 0.05) is 37.6 Å². The lowest BCUT2D eigenvalue weighted by Gasteiger charge is -2.51. The normalized spacial score (nSPS) is 41.0. The monoisotopic (exact) mass is 624 g/mol. The SMILES string of the molecule is NCCC(O)CN[C@@H]1CC[C@@H](CN)O[C@@H]1C1[C@@H](N)C[C@@H](NC(=O)N(O)CCN)[C@H](O[C@H]2O[C@H](CO)[C@@H](O)[C@H](N)[C@H]2O)[C@H]1O. The van der Waals surface area contributed by atoms with Crippen LogP contribution in [0.5, 0.6) is 0 Å². The molecule has 0 aromatic carbocycles. The fraction of sp³-hybridized carbons (Fsp3) is 0.960. The lowest BCUT2D eigenvalue weighted by molar-refractivity contribution is -0.306. The molecule has 3 fully saturated rings. The molecule has 2 saturated heterocycles. The van der Waals surface area contributed by atoms with Crippen LogP contribution in [-0.4, -0.2) is 160 Å². The van der Waals surface area contributed by atoms with E-state index in [9.17, 15) is 35.5 Å². The Morgan fingerprint density at radius 3 is 2.37 bits per heavy atom. The standard InChI is InChI=1S/C25H52N8O10/c26-4-3-11(35)9-31-14-2-1-12(8-28)41-22(14)17-13(29)7-15(32-25(39)33(40)6-5-27)23(20(17)37)43-24-21(38)18(30)19(36)16(10-34)42-24/h11-24,31,34-38,40H,1-10,26-30H2,(H,32,39)/t11?,12-,13-,14+,15+,16+,17?,18-,19+,20-,21+,22-,23-,24+/m0/s1. The average molecular weight is 625 g/mol. The number of aliphatic hydroxyl groups is 5. The number of carbonyl (C=O) groups excluding carboxylic acids is 1. The van der Waals surface area contributed by atoms with Gasteiger partial charge in [-0.25, -0.2) is 9.86 Å². The molecule has 2 amide bonds. The number of hydrogen-bond donors (Lipinski definition) is 13. The first kappa shape index (κ1) is 36.1. The molecule has 18 N–H and O–H groups in total. The summed E-state index contributed by atoms with van der Waals surface area (Å²) in [6.07, 6.45) is -8.40. The molecular weight excluding hydrogens is 572 g/mol. The van der Waals surface area contributed by atoms with Crippen molar-refractivity contribution in [1.82, 2.24) is 15.7 Å². The van der Waals surface area contributed by atoms with Crippen molar-refractivity contribution in [3.8, 4) is 0 Å². The summed E-state index contributed by atoms with van der Waals surface area (Å²) in [5.41, 5.74) is 29.5. The topological polar surface area (TPSA) is 324 Å². The number of carbonyl (C=O) groups is 1. The molecule has 2 aliphatic heterocycles. The molecule has 3 aliphatic rings. The molecule has 0 aromatic heterocycles. The van der Waals surface area contributed by atoms with Gasteiger partial charge in [-0.3, -0.25) is 5.21 Å². The van der Waals surface area contributed by atoms with Crippen molar-refractivity contribution in [3.05, 3.63) is 0 Å². The molecule has 2 unspecified atom stereocenters. The Morgan fingerprint density at radius 2 is 1.74 bits per heavy atom. The fourth-order valence-electron chi connectivity index (χ4n) is 6.14. The highest BCUT2D eigenvalue weighted by Gasteiger charge is 2.53. The first-order valence-corrected chi connectivity index (χ1v) is 14.9. The highest BCUT2D eigenvalue weighted by Crippen LogP contribution is 2.37. The van der Waals surface area contributed by atoms with Crippen molar-refractivity contribution < 1.29 is 49.7 Å². The van der Waals surface area contributed by atoms with Crippen molar-refractivity contribution in [1.29, 1.82) is 0 Å². The molecular formula is C25H52N8O10. The number of nitrogens with zero attached hydrogens (tertiary/aromatic N) is 1. The molecule has 3 rings (SSSR count). The van der Waals surface area contributed by atoms with Gasteiger partial charge in [0.2, 0.25) is 0 Å². The summed E-state index contributed by atoms with van der Waals surface area (Å²) in [4.78, 5) is 12.7. The van der Waals surface area contributed by atoms with E-state index >= 15 is 0 Å². The van der Waals surface area contributed by atoms with E-state index in [4.69, 9.17) is 42.9 Å². The number of hydrogen-bond acceptors (Lipinski definition) is 16. The molecule has 1 saturated carbocycles. The van der Waals surface area contributed by atoms with E-state index in [0.29, 0.717) is 30.9 Å². The maximum Gasteiger partial charge on any atom is 0.341 e. The van der Waals surface area contributed by atoms with Crippen LogP contribution in [0.3, 0.4) is 0 Å². The average Bonchev–Trinajstić information content (AvgIpc) is 2.98. The minimum Gasteiger partial charge on any atom is -0.394 e. The molecule has 0 radical (unpaired) electrons. The minimum atomic E-state index is -1.56. The number of nitrogens with one attached hydrogen (secondary N) is 2. The van der Waals surface area contributed by atoms with E-state index in [1.165, 1.54) is 0 Å². The number of aliphatic hydroxyl groups excluding tert-OH is 5. The quantitative estimate of drug-likeness (QED) is 0.0669. The van der Waals surface area contributed by atoms with Crippen LogP contribution in [0.4, 0.5) is 4.79 Å². The van der Waals surface area contributed by atoms with Crippen LogP contribution in [0.15, 0.2) is 0 Å². The second-order valence-electron chi connectivity index (χ2n) is 11.6. The molecule has 1 aliphatic carbocycles. The summed E-state index contributed by atoms with van der Waals surface area (Å²) >= 11 is 0. The second-order valence-corrected chi connectivity index (χ2v) is 11.6. The number of nitrogens with two attached hydrogens (primary N) is 5. The maximum absolute atomic E-state index is 12.7. The number of urea groups is 1. The molecule has 252 valence electrons. The molecule has 0 bridgehead atoms. The summed E-state index contributed by atoms with van der Waals surface area (Å²) in [7, 11) is 0. The zero-order valence-electron chi connectivity index (χ0n) is 24.3. The van der Waals surface area contributed by atoms with Crippen LogP contribution in [0, 0.1) is 5.92 Å². The summed E-state index contributed by atoms with van der Waals surface area (Å²) in [6, 6.07) is -4.27. The van der Waals surface area contributed by atoms with E-state index in [0.717, 1.165) is 0 Å². The number of rotatable bonds is 13. The van der Waals surface area contributed by atoms with Gasteiger partial charge in [0.1, 0.15) is 24.4 Å². The number of amides is 2. The van der Waals surface area contributed by atoms with Crippen LogP contribution >= 0.6 is 0 Å². The largest absolute Gasteiger partial charge is 0.394 e. The van der Waals surface area contributed by atoms with E-state index in [1.54, 1.807) is 0 Å². The molecule has 18 nitrogen and oxygen atoms in total. The van der Waals surface area contributed by atoms with Gasteiger partial charge < -0.3 is 79.0 Å². The third-order valence-corrected chi connectivity index (χ3v) is 8.56. The van der Waals surface area contributed by atoms with Crippen LogP contribution in [-0.2, 0) is 14.2 Å². The zero-order chi connectivity index (χ0) is 31.8. The van der Waals surface area contributed by atoms with E-state index < -0.39 is 85.7 Å². The molecule has 18 heteroatoms. The Hall–Kier alpha value is -1.33. The first-order valence-electron chi connectivity index (χ1n) is 14.9. The summed E-state index contributed by atoms with van der Waals surface area (Å²) < 4.78 is 18.0. The van der Waals surface area contributed by atoms with Gasteiger partial charge in [-0.1, -0.05) is 0 Å². The van der Waals surface area contributed by atoms with Gasteiger partial charge in [-0.05, 0) is 32.2 Å². The molecule has 14 atom stereocenters. The van der Waals surface area contributed by atoms with Crippen LogP contribution in [0.2, 0.25) is 0 Å². The van der Waals surface area contributed by atoms with E-state index in [-0.39, 0.29) is 44.7 Å². The predicted molar refractivity (Wildman–Crippen MR) is 151 cm³/mol. The number of ether oxygens (including phenoxy) is 3. The van der Waals surface area contributed by atoms with Gasteiger partial charge >= 0.3 is 6.03 Å². The Labute approximate surface area is 250 Å². The lowest BCUT2D eigenvalue weighted by Crippen LogP contribution is -2.70. The molecule has 2 heterocycles. The predicted octanol–water partition coefficient (Wildman–Crippen LogP) is -6.25. The van der Waals surface area contributed by atoms with Crippen molar-refractivity contribution in [3.63, 3.8) is 0 Å². The highest BCUT2D eigenvalue weighted by atomic mass is 16.7. The van der Waals surface area contributed by atoms with E-state index in [1.807, 2.05) is 0 Å². The van der Waals surface area contributed by atoms with Gasteiger partial charge in [-0.2, -0.15) is 0 Å². The Balaban J connectivity index is 1.90. The summed E-state index contributed by atoms with van der Waals surface area (Å²) in [5.74, 6) is -0.792. The van der Waals surface area contributed by atoms with Gasteiger partial charge in [0.25, 0.3) is 0 Å². The van der Waals surface area contributed by atoms with Gasteiger partial charge in [0.15, 0.2) is 6.29 Å². The van der Waals surface area contributed by atoms with Crippen LogP contribution in [0.25, 0.3) is 0 Å². The van der Waals surface area contributed by atoms with Crippen molar-refractivity contribution in [2.75, 3.05) is 39.3 Å². The van der Waals surface area contributed by atoms with E-state index in [2.05, 4.69) is 10.6 Å². The third kappa shape index (κ3) is 8.90. The Morgan fingerprint density at radius 1 is 1.02 bits per heavy atom. The first-order chi connectivity index (χ1) is 20.5. The maximum atomic E-state index is 12.7. The molecule has 0 spiro atoms. The Bertz CT molecular complexity index is 852. The zero-order valence-corrected chi connectivity index (χ0v) is 24.3. The lowest BCUT2D eigenvalue weighted by atomic mass is 9.72.